The zero-order valence-corrected chi connectivity index (χ0v) is 17.0. The van der Waals surface area contributed by atoms with Gasteiger partial charge in [0.2, 0.25) is 0 Å². The number of pyridine rings is 1. The number of nitrogens with one attached hydrogen (secondary N) is 1. The molecule has 0 bridgehead atoms. The van der Waals surface area contributed by atoms with Gasteiger partial charge in [0.25, 0.3) is 0 Å². The summed E-state index contributed by atoms with van der Waals surface area (Å²) < 4.78 is 10.6. The van der Waals surface area contributed by atoms with Gasteiger partial charge in [-0.25, -0.2) is 9.78 Å². The van der Waals surface area contributed by atoms with E-state index in [1.54, 1.807) is 20.2 Å². The van der Waals surface area contributed by atoms with E-state index in [4.69, 9.17) is 21.1 Å². The van der Waals surface area contributed by atoms with Gasteiger partial charge in [-0.15, -0.1) is 0 Å². The van der Waals surface area contributed by atoms with Crippen LogP contribution in [-0.4, -0.2) is 29.7 Å². The highest BCUT2D eigenvalue weighted by molar-refractivity contribution is 6.31. The largest absolute Gasteiger partial charge is 0.461 e. The number of carbonyl (C=O) groups is 1. The highest BCUT2D eigenvalue weighted by Crippen LogP contribution is 2.34. The molecule has 2 aromatic heterocycles. The predicted octanol–water partition coefficient (Wildman–Crippen LogP) is 5.28. The molecule has 4 aromatic rings. The fraction of sp³-hybridized carbons (Fsp3) is 0.217. The van der Waals surface area contributed by atoms with Gasteiger partial charge in [-0.05, 0) is 36.6 Å². The number of aromatic nitrogens is 2. The van der Waals surface area contributed by atoms with Gasteiger partial charge >= 0.3 is 5.97 Å². The Morgan fingerprint density at radius 2 is 1.86 bits per heavy atom. The lowest BCUT2D eigenvalue weighted by Gasteiger charge is -2.11. The standard InChI is InChI=1S/C23H21ClN2O3/c1-3-29-23(27)22-16(13-28-2)21-19(12-25-22)26-18-10-6-8-15(20(18)21)11-14-7-4-5-9-17(14)24/h4-10,12,26H,3,11,13H2,1-2H3. The number of H-pyrrole nitrogens is 1. The van der Waals surface area contributed by atoms with E-state index in [0.717, 1.165) is 43.5 Å². The maximum absolute atomic E-state index is 12.5. The summed E-state index contributed by atoms with van der Waals surface area (Å²) in [5.41, 5.74) is 5.00. The summed E-state index contributed by atoms with van der Waals surface area (Å²) in [5.74, 6) is -0.445. The minimum absolute atomic E-state index is 0.256. The topological polar surface area (TPSA) is 64.2 Å². The van der Waals surface area contributed by atoms with E-state index in [2.05, 4.69) is 16.0 Å². The molecule has 0 atom stereocenters. The normalized spacial score (nSPS) is 11.3. The molecule has 5 nitrogen and oxygen atoms in total. The molecule has 0 aliphatic carbocycles. The third-order valence-electron chi connectivity index (χ3n) is 4.95. The lowest BCUT2D eigenvalue weighted by Crippen LogP contribution is -2.11. The molecule has 4 rings (SSSR count). The molecule has 6 heteroatoms. The van der Waals surface area contributed by atoms with Gasteiger partial charge in [-0.3, -0.25) is 0 Å². The van der Waals surface area contributed by atoms with E-state index < -0.39 is 5.97 Å². The van der Waals surface area contributed by atoms with Gasteiger partial charge in [0.1, 0.15) is 0 Å². The van der Waals surface area contributed by atoms with E-state index >= 15 is 0 Å². The molecule has 0 aliphatic heterocycles. The number of halogens is 1. The second kappa shape index (κ2) is 8.23. The van der Waals surface area contributed by atoms with Crippen LogP contribution < -0.4 is 0 Å². The lowest BCUT2D eigenvalue weighted by molar-refractivity contribution is 0.0514. The van der Waals surface area contributed by atoms with Crippen molar-refractivity contribution in [2.45, 2.75) is 20.0 Å². The maximum Gasteiger partial charge on any atom is 0.357 e. The van der Waals surface area contributed by atoms with Crippen molar-refractivity contribution < 1.29 is 14.3 Å². The van der Waals surface area contributed by atoms with Gasteiger partial charge in [-0.1, -0.05) is 41.9 Å². The van der Waals surface area contributed by atoms with Crippen LogP contribution in [0.4, 0.5) is 0 Å². The van der Waals surface area contributed by atoms with Gasteiger partial charge in [0.05, 0.1) is 24.9 Å². The first-order valence-corrected chi connectivity index (χ1v) is 9.82. The molecule has 1 N–H and O–H groups in total. The van der Waals surface area contributed by atoms with Gasteiger partial charge < -0.3 is 14.5 Å². The number of fused-ring (bicyclic) bond motifs is 3. The van der Waals surface area contributed by atoms with Crippen LogP contribution in [0, 0.1) is 0 Å². The zero-order valence-electron chi connectivity index (χ0n) is 16.3. The Kier molecular flexibility index (Phi) is 5.51. The molecule has 0 aliphatic rings. The fourth-order valence-electron chi connectivity index (χ4n) is 3.73. The van der Waals surface area contributed by atoms with Crippen LogP contribution in [0.1, 0.15) is 34.1 Å². The quantitative estimate of drug-likeness (QED) is 0.440. The number of esters is 1. The second-order valence-corrected chi connectivity index (χ2v) is 7.17. The maximum atomic E-state index is 12.5. The van der Waals surface area contributed by atoms with E-state index in [9.17, 15) is 4.79 Å². The number of rotatable bonds is 6. The van der Waals surface area contributed by atoms with E-state index in [1.807, 2.05) is 36.4 Å². The molecule has 29 heavy (non-hydrogen) atoms. The average Bonchev–Trinajstić information content (AvgIpc) is 3.10. The van der Waals surface area contributed by atoms with Crippen LogP contribution in [0.2, 0.25) is 5.02 Å². The minimum atomic E-state index is -0.445. The van der Waals surface area contributed by atoms with Crippen LogP contribution in [0.25, 0.3) is 21.8 Å². The number of nitrogens with zero attached hydrogens (tertiary/aromatic N) is 1. The smallest absolute Gasteiger partial charge is 0.357 e. The van der Waals surface area contributed by atoms with Crippen LogP contribution >= 0.6 is 11.6 Å². The van der Waals surface area contributed by atoms with Crippen molar-refractivity contribution >= 4 is 39.4 Å². The number of hydrogen-bond acceptors (Lipinski definition) is 4. The molecule has 0 saturated heterocycles. The van der Waals surface area contributed by atoms with Gasteiger partial charge in [0.15, 0.2) is 5.69 Å². The van der Waals surface area contributed by atoms with Crippen LogP contribution in [-0.2, 0) is 22.5 Å². The summed E-state index contributed by atoms with van der Waals surface area (Å²) in [4.78, 5) is 20.3. The third kappa shape index (κ3) is 3.59. The summed E-state index contributed by atoms with van der Waals surface area (Å²) in [7, 11) is 1.60. The first-order chi connectivity index (χ1) is 14.1. The van der Waals surface area contributed by atoms with E-state index in [0.29, 0.717) is 6.42 Å². The summed E-state index contributed by atoms with van der Waals surface area (Å²) in [6.45, 7) is 2.32. The summed E-state index contributed by atoms with van der Waals surface area (Å²) in [6.07, 6.45) is 2.35. The van der Waals surface area contributed by atoms with Gasteiger partial charge in [-0.2, -0.15) is 0 Å². The number of ether oxygens (including phenoxy) is 2. The Bertz CT molecular complexity index is 1200. The first-order valence-electron chi connectivity index (χ1n) is 9.44. The van der Waals surface area contributed by atoms with Crippen molar-refractivity contribution in [3.05, 3.63) is 76.1 Å². The Labute approximate surface area is 173 Å². The lowest BCUT2D eigenvalue weighted by atomic mass is 9.97. The van der Waals surface area contributed by atoms with Crippen molar-refractivity contribution in [2.24, 2.45) is 0 Å². The molecule has 2 heterocycles. The first kappa shape index (κ1) is 19.4. The highest BCUT2D eigenvalue weighted by atomic mass is 35.5. The third-order valence-corrected chi connectivity index (χ3v) is 5.31. The zero-order chi connectivity index (χ0) is 20.4. The minimum Gasteiger partial charge on any atom is -0.461 e. The second-order valence-electron chi connectivity index (χ2n) is 6.76. The molecular formula is C23H21ClN2O3. The van der Waals surface area contributed by atoms with Crippen LogP contribution in [0.3, 0.4) is 0 Å². The van der Waals surface area contributed by atoms with E-state index in [-0.39, 0.29) is 18.9 Å². The average molecular weight is 409 g/mol. The Hall–Kier alpha value is -2.89. The van der Waals surface area contributed by atoms with Crippen molar-refractivity contribution in [3.63, 3.8) is 0 Å². The number of carbonyl (C=O) groups excluding carboxylic acids is 1. The molecule has 0 spiro atoms. The predicted molar refractivity (Wildman–Crippen MR) is 115 cm³/mol. The SMILES string of the molecule is CCOC(=O)c1ncc2[nH]c3cccc(Cc4ccccc4Cl)c3c2c1COC. The summed E-state index contributed by atoms with van der Waals surface area (Å²) >= 11 is 6.40. The fourth-order valence-corrected chi connectivity index (χ4v) is 3.93. The monoisotopic (exact) mass is 408 g/mol. The van der Waals surface area contributed by atoms with Crippen molar-refractivity contribution in [2.75, 3.05) is 13.7 Å². The highest BCUT2D eigenvalue weighted by Gasteiger charge is 2.21. The van der Waals surface area contributed by atoms with Gasteiger partial charge in [0, 0.05) is 34.0 Å². The Morgan fingerprint density at radius 3 is 2.62 bits per heavy atom. The Morgan fingerprint density at radius 1 is 1.07 bits per heavy atom. The molecular weight excluding hydrogens is 388 g/mol. The molecule has 2 aromatic carbocycles. The molecule has 0 amide bonds. The summed E-state index contributed by atoms with van der Waals surface area (Å²) in [6, 6.07) is 13.9. The van der Waals surface area contributed by atoms with Crippen molar-refractivity contribution in [1.82, 2.24) is 9.97 Å². The molecule has 148 valence electrons. The molecule has 0 fully saturated rings. The van der Waals surface area contributed by atoms with Crippen LogP contribution in [0.15, 0.2) is 48.7 Å². The number of methoxy groups -OCH3 is 1. The van der Waals surface area contributed by atoms with Crippen LogP contribution in [0.5, 0.6) is 0 Å². The Balaban J connectivity index is 1.98. The number of benzene rings is 2. The molecule has 0 unspecified atom stereocenters. The molecule has 0 radical (unpaired) electrons. The van der Waals surface area contributed by atoms with Crippen molar-refractivity contribution in [1.29, 1.82) is 0 Å². The number of hydrogen-bond donors (Lipinski definition) is 1. The molecule has 0 saturated carbocycles. The van der Waals surface area contributed by atoms with Crippen molar-refractivity contribution in [3.8, 4) is 0 Å². The number of aromatic amines is 1. The van der Waals surface area contributed by atoms with E-state index in [1.165, 1.54) is 0 Å². The summed E-state index contributed by atoms with van der Waals surface area (Å²) in [5, 5.41) is 2.71.